The first-order valence-corrected chi connectivity index (χ1v) is 6.61. The Labute approximate surface area is 100.0 Å². The third-order valence-corrected chi connectivity index (χ3v) is 3.74. The highest BCUT2D eigenvalue weighted by Gasteiger charge is 2.20. The number of nitrogens with zero attached hydrogens (tertiary/aromatic N) is 2. The van der Waals surface area contributed by atoms with Crippen molar-refractivity contribution in [2.75, 3.05) is 18.1 Å². The van der Waals surface area contributed by atoms with E-state index in [-0.39, 0.29) is 6.10 Å². The Bertz CT molecular complexity index is 354. The average molecular weight is 239 g/mol. The monoisotopic (exact) mass is 239 g/mol. The van der Waals surface area contributed by atoms with Gasteiger partial charge in [0.05, 0.1) is 6.61 Å². The van der Waals surface area contributed by atoms with Crippen LogP contribution in [0.25, 0.3) is 0 Å². The van der Waals surface area contributed by atoms with Crippen molar-refractivity contribution in [3.05, 3.63) is 22.8 Å². The zero-order valence-corrected chi connectivity index (χ0v) is 10.5. The molecule has 1 aromatic rings. The summed E-state index contributed by atoms with van der Waals surface area (Å²) < 4.78 is 5.67. The Morgan fingerprint density at radius 3 is 2.56 bits per heavy atom. The van der Waals surface area contributed by atoms with Gasteiger partial charge in [-0.1, -0.05) is 0 Å². The summed E-state index contributed by atoms with van der Waals surface area (Å²) in [7, 11) is 0. The second-order valence-electron chi connectivity index (χ2n) is 3.87. The van der Waals surface area contributed by atoms with E-state index in [0.717, 1.165) is 40.9 Å². The maximum Gasteiger partial charge on any atom is 0.158 e. The molecule has 2 rings (SSSR count). The van der Waals surface area contributed by atoms with Crippen LogP contribution in [0, 0.1) is 13.8 Å². The van der Waals surface area contributed by atoms with Crippen LogP contribution in [0.3, 0.4) is 0 Å². The zero-order chi connectivity index (χ0) is 11.5. The van der Waals surface area contributed by atoms with Crippen molar-refractivity contribution in [2.45, 2.75) is 26.5 Å². The van der Waals surface area contributed by atoms with Gasteiger partial charge in [0.2, 0.25) is 0 Å². The second-order valence-corrected chi connectivity index (χ2v) is 5.02. The predicted octanol–water partition coefficient (Wildman–Crippen LogP) is 1.36. The van der Waals surface area contributed by atoms with Gasteiger partial charge < -0.3 is 10.5 Å². The van der Waals surface area contributed by atoms with Gasteiger partial charge in [-0.15, -0.1) is 0 Å². The molecule has 2 heterocycles. The van der Waals surface area contributed by atoms with Crippen molar-refractivity contribution in [3.8, 4) is 0 Å². The molecule has 1 aliphatic rings. The first-order valence-electron chi connectivity index (χ1n) is 5.45. The first kappa shape index (κ1) is 11.8. The molecule has 0 amide bonds. The number of nitrogens with two attached hydrogens (primary N) is 1. The van der Waals surface area contributed by atoms with Crippen LogP contribution in [0.5, 0.6) is 0 Å². The highest BCUT2D eigenvalue weighted by molar-refractivity contribution is 7.99. The van der Waals surface area contributed by atoms with E-state index in [0.29, 0.717) is 6.54 Å². The number of thioether (sulfide) groups is 1. The van der Waals surface area contributed by atoms with E-state index in [1.54, 1.807) is 0 Å². The van der Waals surface area contributed by atoms with Gasteiger partial charge in [0.1, 0.15) is 6.10 Å². The summed E-state index contributed by atoms with van der Waals surface area (Å²) in [6, 6.07) is 0. The van der Waals surface area contributed by atoms with Crippen LogP contribution in [0.4, 0.5) is 0 Å². The van der Waals surface area contributed by atoms with Crippen LogP contribution < -0.4 is 5.73 Å². The van der Waals surface area contributed by atoms with Crippen molar-refractivity contribution in [3.63, 3.8) is 0 Å². The molecule has 5 heteroatoms. The van der Waals surface area contributed by atoms with E-state index in [2.05, 4.69) is 9.97 Å². The molecule has 0 aromatic carbocycles. The number of ether oxygens (including phenoxy) is 1. The molecule has 1 atom stereocenters. The lowest BCUT2D eigenvalue weighted by Gasteiger charge is -2.22. The number of aromatic nitrogens is 2. The first-order chi connectivity index (χ1) is 7.72. The van der Waals surface area contributed by atoms with Crippen molar-refractivity contribution >= 4 is 11.8 Å². The summed E-state index contributed by atoms with van der Waals surface area (Å²) in [5.74, 6) is 2.82. The molecule has 16 heavy (non-hydrogen) atoms. The topological polar surface area (TPSA) is 61.0 Å². The molecular formula is C11H17N3OS. The van der Waals surface area contributed by atoms with Crippen LogP contribution in [0.1, 0.15) is 28.9 Å². The van der Waals surface area contributed by atoms with Gasteiger partial charge in [0, 0.05) is 35.0 Å². The third-order valence-electron chi connectivity index (χ3n) is 2.75. The minimum absolute atomic E-state index is 0.0444. The van der Waals surface area contributed by atoms with E-state index in [1.165, 1.54) is 0 Å². The van der Waals surface area contributed by atoms with Crippen molar-refractivity contribution in [1.29, 1.82) is 0 Å². The van der Waals surface area contributed by atoms with Crippen molar-refractivity contribution < 1.29 is 4.74 Å². The molecule has 1 unspecified atom stereocenters. The van der Waals surface area contributed by atoms with Gasteiger partial charge in [0.15, 0.2) is 5.82 Å². The summed E-state index contributed by atoms with van der Waals surface area (Å²) in [6.45, 7) is 5.25. The summed E-state index contributed by atoms with van der Waals surface area (Å²) >= 11 is 1.89. The molecule has 1 fully saturated rings. The normalized spacial score (nSPS) is 21.1. The van der Waals surface area contributed by atoms with Gasteiger partial charge in [-0.05, 0) is 13.8 Å². The van der Waals surface area contributed by atoms with Crippen LogP contribution in [-0.4, -0.2) is 28.1 Å². The summed E-state index contributed by atoms with van der Waals surface area (Å²) in [6.07, 6.45) is 0.0444. The Morgan fingerprint density at radius 1 is 1.38 bits per heavy atom. The smallest absolute Gasteiger partial charge is 0.158 e. The summed E-state index contributed by atoms with van der Waals surface area (Å²) in [5, 5.41) is 0. The van der Waals surface area contributed by atoms with Crippen LogP contribution >= 0.6 is 11.8 Å². The fourth-order valence-corrected chi connectivity index (χ4v) is 2.68. The van der Waals surface area contributed by atoms with Crippen LogP contribution in [0.15, 0.2) is 0 Å². The standard InChI is InChI=1S/C11H17N3OS/c1-7-9(5-12)8(2)14-11(13-7)10-6-16-4-3-15-10/h10H,3-6,12H2,1-2H3. The Balaban J connectivity index is 2.28. The average Bonchev–Trinajstić information content (AvgIpc) is 2.30. The molecule has 1 aromatic heterocycles. The zero-order valence-electron chi connectivity index (χ0n) is 9.69. The quantitative estimate of drug-likeness (QED) is 0.844. The Morgan fingerprint density at radius 2 is 2.06 bits per heavy atom. The van der Waals surface area contributed by atoms with E-state index in [4.69, 9.17) is 10.5 Å². The highest BCUT2D eigenvalue weighted by atomic mass is 32.2. The minimum Gasteiger partial charge on any atom is -0.368 e. The molecule has 0 radical (unpaired) electrons. The second kappa shape index (κ2) is 5.12. The Kier molecular flexibility index (Phi) is 3.78. The Hall–Kier alpha value is -0.650. The number of hydrogen-bond donors (Lipinski definition) is 1. The van der Waals surface area contributed by atoms with E-state index < -0.39 is 0 Å². The fraction of sp³-hybridized carbons (Fsp3) is 0.636. The minimum atomic E-state index is 0.0444. The van der Waals surface area contributed by atoms with Crippen LogP contribution in [-0.2, 0) is 11.3 Å². The predicted molar refractivity (Wildman–Crippen MR) is 65.4 cm³/mol. The van der Waals surface area contributed by atoms with Crippen LogP contribution in [0.2, 0.25) is 0 Å². The number of aryl methyl sites for hydroxylation is 2. The fourth-order valence-electron chi connectivity index (χ4n) is 1.84. The van der Waals surface area contributed by atoms with Gasteiger partial charge >= 0.3 is 0 Å². The number of hydrogen-bond acceptors (Lipinski definition) is 5. The third kappa shape index (κ3) is 2.36. The van der Waals surface area contributed by atoms with Crippen molar-refractivity contribution in [1.82, 2.24) is 9.97 Å². The maximum absolute atomic E-state index is 5.67. The molecular weight excluding hydrogens is 222 g/mol. The molecule has 4 nitrogen and oxygen atoms in total. The lowest BCUT2D eigenvalue weighted by atomic mass is 10.1. The molecule has 0 spiro atoms. The van der Waals surface area contributed by atoms with E-state index in [9.17, 15) is 0 Å². The van der Waals surface area contributed by atoms with Gasteiger partial charge in [0.25, 0.3) is 0 Å². The largest absolute Gasteiger partial charge is 0.368 e. The van der Waals surface area contributed by atoms with Gasteiger partial charge in [-0.3, -0.25) is 0 Å². The molecule has 88 valence electrons. The lowest BCUT2D eigenvalue weighted by Crippen LogP contribution is -2.20. The lowest BCUT2D eigenvalue weighted by molar-refractivity contribution is 0.0691. The van der Waals surface area contributed by atoms with E-state index >= 15 is 0 Å². The molecule has 2 N–H and O–H groups in total. The molecule has 0 saturated carbocycles. The highest BCUT2D eigenvalue weighted by Crippen LogP contribution is 2.25. The maximum atomic E-state index is 5.67. The molecule has 0 bridgehead atoms. The summed E-state index contributed by atoms with van der Waals surface area (Å²) in [4.78, 5) is 9.00. The summed E-state index contributed by atoms with van der Waals surface area (Å²) in [5.41, 5.74) is 8.67. The van der Waals surface area contributed by atoms with Gasteiger partial charge in [-0.25, -0.2) is 9.97 Å². The molecule has 1 aliphatic heterocycles. The van der Waals surface area contributed by atoms with Gasteiger partial charge in [-0.2, -0.15) is 11.8 Å². The SMILES string of the molecule is Cc1nc(C2CSCCO2)nc(C)c1CN. The molecule has 0 aliphatic carbocycles. The van der Waals surface area contributed by atoms with E-state index in [1.807, 2.05) is 25.6 Å². The number of rotatable bonds is 2. The molecule has 1 saturated heterocycles. The van der Waals surface area contributed by atoms with Crippen molar-refractivity contribution in [2.24, 2.45) is 5.73 Å².